The number of aromatic nitrogens is 2. The number of hydrogen-bond donors (Lipinski definition) is 1. The van der Waals surface area contributed by atoms with Crippen molar-refractivity contribution in [1.29, 1.82) is 0 Å². The summed E-state index contributed by atoms with van der Waals surface area (Å²) in [6.07, 6.45) is 6.58. The minimum absolute atomic E-state index is 0.0945. The smallest absolute Gasteiger partial charge is 0.310 e. The predicted molar refractivity (Wildman–Crippen MR) is 132 cm³/mol. The van der Waals surface area contributed by atoms with Crippen LogP contribution in [0.1, 0.15) is 37.8 Å². The SMILES string of the molecule is CCCn1cc(CC(=O)O)c2ccccc21.CCCn1cc(CC(=O)OC)c2ccccc21. The molecule has 33 heavy (non-hydrogen) atoms. The summed E-state index contributed by atoms with van der Waals surface area (Å²) in [6, 6.07) is 16.1. The van der Waals surface area contributed by atoms with Gasteiger partial charge < -0.3 is 19.0 Å². The van der Waals surface area contributed by atoms with Crippen LogP contribution in [0.25, 0.3) is 21.8 Å². The number of esters is 1. The molecule has 6 nitrogen and oxygen atoms in total. The Morgan fingerprint density at radius 1 is 0.788 bits per heavy atom. The maximum absolute atomic E-state index is 11.4. The minimum atomic E-state index is -0.778. The maximum atomic E-state index is 11.4. The average Bonchev–Trinajstić information content (AvgIpc) is 3.33. The molecule has 0 aliphatic carbocycles. The lowest BCUT2D eigenvalue weighted by Crippen LogP contribution is -2.03. The van der Waals surface area contributed by atoms with Crippen LogP contribution in [0, 0.1) is 0 Å². The minimum Gasteiger partial charge on any atom is -0.481 e. The normalized spacial score (nSPS) is 10.8. The van der Waals surface area contributed by atoms with Crippen LogP contribution in [0.2, 0.25) is 0 Å². The third-order valence-corrected chi connectivity index (χ3v) is 5.58. The second kappa shape index (κ2) is 11.4. The van der Waals surface area contributed by atoms with Crippen LogP contribution < -0.4 is 0 Å². The summed E-state index contributed by atoms with van der Waals surface area (Å²) in [5, 5.41) is 11.1. The van der Waals surface area contributed by atoms with E-state index in [2.05, 4.69) is 41.3 Å². The zero-order valence-corrected chi connectivity index (χ0v) is 19.6. The number of rotatable bonds is 8. The summed E-state index contributed by atoms with van der Waals surface area (Å²) in [6.45, 7) is 6.17. The Morgan fingerprint density at radius 3 is 1.67 bits per heavy atom. The van der Waals surface area contributed by atoms with Crippen LogP contribution in [0.15, 0.2) is 60.9 Å². The summed E-state index contributed by atoms with van der Waals surface area (Å²) in [5.74, 6) is -0.969. The molecule has 174 valence electrons. The molecule has 0 unspecified atom stereocenters. The van der Waals surface area contributed by atoms with Crippen LogP contribution in [0.4, 0.5) is 0 Å². The highest BCUT2D eigenvalue weighted by Gasteiger charge is 2.11. The average molecular weight is 449 g/mol. The first-order valence-corrected chi connectivity index (χ1v) is 11.4. The van der Waals surface area contributed by atoms with E-state index < -0.39 is 5.97 Å². The molecular weight excluding hydrogens is 416 g/mol. The molecule has 2 heterocycles. The van der Waals surface area contributed by atoms with Crippen molar-refractivity contribution in [1.82, 2.24) is 9.13 Å². The van der Waals surface area contributed by atoms with Gasteiger partial charge >= 0.3 is 11.9 Å². The first-order valence-electron chi connectivity index (χ1n) is 11.4. The van der Waals surface area contributed by atoms with E-state index in [-0.39, 0.29) is 12.4 Å². The van der Waals surface area contributed by atoms with Crippen LogP contribution in [-0.4, -0.2) is 33.3 Å². The van der Waals surface area contributed by atoms with Gasteiger partial charge in [-0.25, -0.2) is 0 Å². The quantitative estimate of drug-likeness (QED) is 0.364. The largest absolute Gasteiger partial charge is 0.481 e. The van der Waals surface area contributed by atoms with Gasteiger partial charge in [-0.3, -0.25) is 9.59 Å². The first-order chi connectivity index (χ1) is 16.0. The van der Waals surface area contributed by atoms with Crippen LogP contribution in [0.3, 0.4) is 0 Å². The van der Waals surface area contributed by atoms with E-state index in [9.17, 15) is 9.59 Å². The number of hydrogen-bond acceptors (Lipinski definition) is 3. The van der Waals surface area contributed by atoms with Gasteiger partial charge in [-0.05, 0) is 36.1 Å². The Balaban J connectivity index is 0.000000186. The number of benzene rings is 2. The van der Waals surface area contributed by atoms with E-state index in [1.54, 1.807) is 0 Å². The van der Waals surface area contributed by atoms with Gasteiger partial charge in [0.1, 0.15) is 0 Å². The van der Waals surface area contributed by atoms with Gasteiger partial charge in [0.25, 0.3) is 0 Å². The van der Waals surface area contributed by atoms with E-state index >= 15 is 0 Å². The summed E-state index contributed by atoms with van der Waals surface area (Å²) in [4.78, 5) is 22.1. The van der Waals surface area contributed by atoms with Crippen molar-refractivity contribution in [2.45, 2.75) is 52.6 Å². The Hall–Kier alpha value is -3.54. The van der Waals surface area contributed by atoms with E-state index in [1.807, 2.05) is 42.6 Å². The molecule has 6 heteroatoms. The van der Waals surface area contributed by atoms with Gasteiger partial charge in [-0.15, -0.1) is 0 Å². The molecule has 0 spiro atoms. The lowest BCUT2D eigenvalue weighted by Gasteiger charge is -2.01. The summed E-state index contributed by atoms with van der Waals surface area (Å²) >= 11 is 0. The number of fused-ring (bicyclic) bond motifs is 2. The highest BCUT2D eigenvalue weighted by molar-refractivity contribution is 5.88. The molecule has 0 aliphatic heterocycles. The summed E-state index contributed by atoms with van der Waals surface area (Å²) < 4.78 is 9.06. The molecule has 1 N–H and O–H groups in total. The molecule has 0 saturated carbocycles. The lowest BCUT2D eigenvalue weighted by atomic mass is 10.1. The first kappa shape index (κ1) is 24.1. The van der Waals surface area contributed by atoms with Crippen molar-refractivity contribution in [3.8, 4) is 0 Å². The molecule has 0 bridgehead atoms. The lowest BCUT2D eigenvalue weighted by molar-refractivity contribution is -0.140. The molecule has 0 radical (unpaired) electrons. The van der Waals surface area contributed by atoms with Crippen molar-refractivity contribution >= 4 is 33.7 Å². The molecule has 0 saturated heterocycles. The predicted octanol–water partition coefficient (Wildman–Crippen LogP) is 5.45. The van der Waals surface area contributed by atoms with Crippen LogP contribution in [-0.2, 0) is 40.3 Å². The van der Waals surface area contributed by atoms with Crippen molar-refractivity contribution in [3.05, 3.63) is 72.1 Å². The standard InChI is InChI=1S/C14H17NO2.C13H15NO2/c1-3-8-15-10-11(9-14(16)17-2)12-6-4-5-7-13(12)15;1-2-7-14-9-10(8-13(15)16)11-5-3-4-6-12(11)14/h4-7,10H,3,8-9H2,1-2H3;3-6,9H,2,7-8H2,1H3,(H,15,16). The molecule has 0 fully saturated rings. The van der Waals surface area contributed by atoms with E-state index in [0.717, 1.165) is 53.3 Å². The van der Waals surface area contributed by atoms with Gasteiger partial charge in [-0.1, -0.05) is 50.2 Å². The molecule has 4 aromatic rings. The topological polar surface area (TPSA) is 73.5 Å². The number of ether oxygens (including phenoxy) is 1. The third kappa shape index (κ3) is 5.83. The molecule has 2 aromatic carbocycles. The highest BCUT2D eigenvalue weighted by atomic mass is 16.5. The number of carbonyl (C=O) groups is 2. The molecule has 0 amide bonds. The van der Waals surface area contributed by atoms with Crippen molar-refractivity contribution in [2.24, 2.45) is 0 Å². The zero-order valence-electron chi connectivity index (χ0n) is 19.6. The molecule has 2 aromatic heterocycles. The highest BCUT2D eigenvalue weighted by Crippen LogP contribution is 2.23. The number of carbonyl (C=O) groups excluding carboxylic acids is 1. The summed E-state index contributed by atoms with van der Waals surface area (Å²) in [5.41, 5.74) is 4.26. The number of methoxy groups -OCH3 is 1. The van der Waals surface area contributed by atoms with E-state index in [1.165, 1.54) is 12.6 Å². The Labute approximate surface area is 194 Å². The third-order valence-electron chi connectivity index (χ3n) is 5.58. The number of carboxylic acids is 1. The maximum Gasteiger partial charge on any atom is 0.310 e. The molecule has 0 atom stereocenters. The number of para-hydroxylation sites is 2. The van der Waals surface area contributed by atoms with Crippen molar-refractivity contribution in [3.63, 3.8) is 0 Å². The van der Waals surface area contributed by atoms with E-state index in [4.69, 9.17) is 9.84 Å². The fourth-order valence-electron chi connectivity index (χ4n) is 4.17. The van der Waals surface area contributed by atoms with Gasteiger partial charge in [0.15, 0.2) is 0 Å². The monoisotopic (exact) mass is 448 g/mol. The number of aliphatic carboxylic acids is 1. The zero-order chi connectivity index (χ0) is 23.8. The Morgan fingerprint density at radius 2 is 1.24 bits per heavy atom. The Bertz CT molecular complexity index is 1240. The second-order valence-corrected chi connectivity index (χ2v) is 8.05. The molecule has 0 aliphatic rings. The van der Waals surface area contributed by atoms with Gasteiger partial charge in [0.2, 0.25) is 0 Å². The van der Waals surface area contributed by atoms with Crippen LogP contribution in [0.5, 0.6) is 0 Å². The van der Waals surface area contributed by atoms with Gasteiger partial charge in [0, 0.05) is 47.3 Å². The summed E-state index contributed by atoms with van der Waals surface area (Å²) in [7, 11) is 1.42. The fourth-order valence-corrected chi connectivity index (χ4v) is 4.17. The molecule has 4 rings (SSSR count). The number of nitrogens with zero attached hydrogens (tertiary/aromatic N) is 2. The number of aryl methyl sites for hydroxylation is 2. The van der Waals surface area contributed by atoms with Gasteiger partial charge in [0.05, 0.1) is 20.0 Å². The molecular formula is C27H32N2O4. The van der Waals surface area contributed by atoms with E-state index in [0.29, 0.717) is 6.42 Å². The van der Waals surface area contributed by atoms with Crippen LogP contribution >= 0.6 is 0 Å². The van der Waals surface area contributed by atoms with Gasteiger partial charge in [-0.2, -0.15) is 0 Å². The fraction of sp³-hybridized carbons (Fsp3) is 0.333. The second-order valence-electron chi connectivity index (χ2n) is 8.05. The number of carboxylic acid groups (broad SMARTS) is 1. The Kier molecular flexibility index (Phi) is 8.30. The van der Waals surface area contributed by atoms with Crippen molar-refractivity contribution < 1.29 is 19.4 Å². The van der Waals surface area contributed by atoms with Crippen molar-refractivity contribution in [2.75, 3.05) is 7.11 Å².